The van der Waals surface area contributed by atoms with E-state index in [-0.39, 0.29) is 6.61 Å². The van der Waals surface area contributed by atoms with Gasteiger partial charge in [0.25, 0.3) is 0 Å². The van der Waals surface area contributed by atoms with Gasteiger partial charge in [0.15, 0.2) is 0 Å². The van der Waals surface area contributed by atoms with Crippen LogP contribution in [0.15, 0.2) is 0 Å². The van der Waals surface area contributed by atoms with Gasteiger partial charge in [-0.2, -0.15) is 0 Å². The van der Waals surface area contributed by atoms with Crippen LogP contribution in [0.4, 0.5) is 0 Å². The van der Waals surface area contributed by atoms with Crippen molar-refractivity contribution in [3.05, 3.63) is 0 Å². The van der Waals surface area contributed by atoms with Gasteiger partial charge in [0.1, 0.15) is 0 Å². The standard InChI is InChI=1S/C15H36O4P2/c1-6-11-18-20(16,17)19-21(12-7-2,13-8-3,14-9-4)15-10-5/h6-15H2,1-5H3,(H,16,17). The second-order valence-electron chi connectivity index (χ2n) is 6.14. The van der Waals surface area contributed by atoms with Gasteiger partial charge in [-0.25, -0.2) is 0 Å². The molecule has 0 aliphatic rings. The second kappa shape index (κ2) is 9.63. The van der Waals surface area contributed by atoms with Crippen LogP contribution in [0.5, 0.6) is 0 Å². The number of hydrogen-bond donors (Lipinski definition) is 1. The molecule has 0 saturated carbocycles. The van der Waals surface area contributed by atoms with Crippen LogP contribution in [0, 0.1) is 0 Å². The molecule has 0 bridgehead atoms. The molecule has 1 N–H and O–H groups in total. The maximum atomic E-state index is 12.4. The molecule has 130 valence electrons. The summed E-state index contributed by atoms with van der Waals surface area (Å²) in [4.78, 5) is 10.2. The Kier molecular flexibility index (Phi) is 9.88. The Bertz CT molecular complexity index is 298. The van der Waals surface area contributed by atoms with Crippen LogP contribution in [0.2, 0.25) is 0 Å². The van der Waals surface area contributed by atoms with E-state index in [1.807, 2.05) is 6.92 Å². The Hall–Kier alpha value is 0.540. The third kappa shape index (κ3) is 6.67. The quantitative estimate of drug-likeness (QED) is 0.440. The molecule has 0 fully saturated rings. The van der Waals surface area contributed by atoms with Crippen molar-refractivity contribution >= 4 is 14.7 Å². The van der Waals surface area contributed by atoms with Crippen molar-refractivity contribution in [2.45, 2.75) is 66.7 Å². The van der Waals surface area contributed by atoms with Gasteiger partial charge in [0, 0.05) is 0 Å². The fourth-order valence-corrected chi connectivity index (χ4v) is 13.7. The second-order valence-corrected chi connectivity index (χ2v) is 13.5. The topological polar surface area (TPSA) is 55.8 Å². The van der Waals surface area contributed by atoms with E-state index in [9.17, 15) is 9.46 Å². The Morgan fingerprint density at radius 1 is 0.810 bits per heavy atom. The Labute approximate surface area is 131 Å². The van der Waals surface area contributed by atoms with E-state index in [0.717, 1.165) is 50.3 Å². The molecule has 0 heterocycles. The maximum absolute atomic E-state index is 12.4. The van der Waals surface area contributed by atoms with Gasteiger partial charge >= 0.3 is 131 Å². The van der Waals surface area contributed by atoms with Gasteiger partial charge in [-0.15, -0.1) is 0 Å². The molecule has 0 radical (unpaired) electrons. The third-order valence-electron chi connectivity index (χ3n) is 3.95. The van der Waals surface area contributed by atoms with Crippen LogP contribution < -0.4 is 0 Å². The molecule has 6 heteroatoms. The van der Waals surface area contributed by atoms with Crippen molar-refractivity contribution in [1.29, 1.82) is 0 Å². The van der Waals surface area contributed by atoms with Gasteiger partial charge < -0.3 is 0 Å². The summed E-state index contributed by atoms with van der Waals surface area (Å²) >= 11 is 0. The number of rotatable bonds is 13. The van der Waals surface area contributed by atoms with E-state index in [1.165, 1.54) is 0 Å². The van der Waals surface area contributed by atoms with Crippen molar-refractivity contribution in [3.8, 4) is 0 Å². The van der Waals surface area contributed by atoms with Crippen LogP contribution in [0.1, 0.15) is 66.7 Å². The molecule has 0 spiro atoms. The molecule has 0 saturated heterocycles. The SMILES string of the molecule is CCCOP(=O)(O)OP(CCC)(CCC)(CCC)CCC. The summed E-state index contributed by atoms with van der Waals surface area (Å²) in [6, 6.07) is 0. The summed E-state index contributed by atoms with van der Waals surface area (Å²) < 4.78 is 23.7. The Morgan fingerprint density at radius 2 is 1.19 bits per heavy atom. The fourth-order valence-electron chi connectivity index (χ4n) is 3.62. The van der Waals surface area contributed by atoms with Crippen molar-refractivity contribution < 1.29 is 18.3 Å². The van der Waals surface area contributed by atoms with Crippen LogP contribution >= 0.6 is 14.7 Å². The minimum atomic E-state index is -3.96. The molecule has 1 unspecified atom stereocenters. The predicted molar refractivity (Wildman–Crippen MR) is 94.7 cm³/mol. The van der Waals surface area contributed by atoms with E-state index in [1.54, 1.807) is 0 Å². The first-order valence-corrected chi connectivity index (χ1v) is 12.9. The summed E-state index contributed by atoms with van der Waals surface area (Å²) in [7, 11) is -3.96. The first kappa shape index (κ1) is 21.5. The zero-order valence-electron chi connectivity index (χ0n) is 14.6. The Balaban J connectivity index is 5.56. The van der Waals surface area contributed by atoms with Gasteiger partial charge in [0.05, 0.1) is 0 Å². The summed E-state index contributed by atoms with van der Waals surface area (Å²) in [5.74, 6) is 0. The molecular weight excluding hydrogens is 306 g/mol. The molecule has 0 aromatic carbocycles. The van der Waals surface area contributed by atoms with Gasteiger partial charge in [-0.05, 0) is 0 Å². The van der Waals surface area contributed by atoms with Crippen LogP contribution in [0.25, 0.3) is 0 Å². The average Bonchev–Trinajstić information content (AvgIpc) is 2.37. The van der Waals surface area contributed by atoms with Crippen molar-refractivity contribution in [1.82, 2.24) is 0 Å². The average molecular weight is 342 g/mol. The van der Waals surface area contributed by atoms with Crippen LogP contribution in [0.3, 0.4) is 0 Å². The molecule has 0 aliphatic heterocycles. The van der Waals surface area contributed by atoms with E-state index in [0.29, 0.717) is 6.42 Å². The van der Waals surface area contributed by atoms with Crippen LogP contribution in [-0.2, 0) is 13.4 Å². The first-order chi connectivity index (χ1) is 9.82. The zero-order valence-corrected chi connectivity index (χ0v) is 16.4. The molecule has 0 aromatic rings. The van der Waals surface area contributed by atoms with E-state index in [4.69, 9.17) is 8.83 Å². The molecule has 0 rings (SSSR count). The molecule has 1 atom stereocenters. The number of phosphoric acid groups is 1. The molecule has 4 nitrogen and oxygen atoms in total. The summed E-state index contributed by atoms with van der Waals surface area (Å²) in [5.41, 5.74) is 0. The van der Waals surface area contributed by atoms with E-state index in [2.05, 4.69) is 27.7 Å². The molecule has 0 aromatic heterocycles. The van der Waals surface area contributed by atoms with Crippen molar-refractivity contribution in [2.24, 2.45) is 0 Å². The van der Waals surface area contributed by atoms with Gasteiger partial charge in [-0.3, -0.25) is 0 Å². The molecular formula is C15H36O4P2. The van der Waals surface area contributed by atoms with E-state index < -0.39 is 14.7 Å². The number of phosphoric ester groups is 1. The van der Waals surface area contributed by atoms with Gasteiger partial charge in [-0.1, -0.05) is 0 Å². The summed E-state index contributed by atoms with van der Waals surface area (Å²) in [6.45, 7) is 8.10. The molecule has 0 amide bonds. The van der Waals surface area contributed by atoms with Crippen LogP contribution in [-0.4, -0.2) is 36.1 Å². The van der Waals surface area contributed by atoms with Crippen molar-refractivity contribution in [2.75, 3.05) is 31.3 Å². The normalized spacial score (nSPS) is 17.1. The molecule has 21 heavy (non-hydrogen) atoms. The first-order valence-electron chi connectivity index (χ1n) is 8.52. The summed E-state index contributed by atoms with van der Waals surface area (Å²) in [5, 5.41) is 0. The zero-order chi connectivity index (χ0) is 16.4. The monoisotopic (exact) mass is 342 g/mol. The number of hydrogen-bond acceptors (Lipinski definition) is 3. The fraction of sp³-hybridized carbons (Fsp3) is 1.00. The minimum absolute atomic E-state index is 0.275. The van der Waals surface area contributed by atoms with Crippen molar-refractivity contribution in [3.63, 3.8) is 0 Å². The van der Waals surface area contributed by atoms with Gasteiger partial charge in [0.2, 0.25) is 0 Å². The molecule has 0 aliphatic carbocycles. The summed E-state index contributed by atoms with van der Waals surface area (Å²) in [6.07, 6.45) is 8.41. The third-order valence-corrected chi connectivity index (χ3v) is 13.4. The predicted octanol–water partition coefficient (Wildman–Crippen LogP) is 5.64. The Morgan fingerprint density at radius 3 is 1.48 bits per heavy atom. The van der Waals surface area contributed by atoms with E-state index >= 15 is 0 Å².